The van der Waals surface area contributed by atoms with Crippen molar-refractivity contribution >= 4 is 11.8 Å². The molecule has 0 N–H and O–H groups in total. The summed E-state index contributed by atoms with van der Waals surface area (Å²) in [7, 11) is 0. The SMILES string of the molecule is CCC1CCCSC1C. The van der Waals surface area contributed by atoms with E-state index < -0.39 is 0 Å². The fourth-order valence-corrected chi connectivity index (χ4v) is 2.83. The molecule has 1 fully saturated rings. The topological polar surface area (TPSA) is 0 Å². The highest BCUT2D eigenvalue weighted by Gasteiger charge is 2.19. The lowest BCUT2D eigenvalue weighted by molar-refractivity contribution is 0.450. The summed E-state index contributed by atoms with van der Waals surface area (Å²) < 4.78 is 0. The van der Waals surface area contributed by atoms with Crippen molar-refractivity contribution in [2.24, 2.45) is 5.92 Å². The molecule has 1 heteroatoms. The van der Waals surface area contributed by atoms with Gasteiger partial charge < -0.3 is 0 Å². The fraction of sp³-hybridized carbons (Fsp3) is 1.00. The molecule has 1 heterocycles. The van der Waals surface area contributed by atoms with Gasteiger partial charge in [0.2, 0.25) is 0 Å². The molecule has 2 atom stereocenters. The summed E-state index contributed by atoms with van der Waals surface area (Å²) in [5.74, 6) is 2.42. The second-order valence-corrected chi connectivity index (χ2v) is 4.37. The van der Waals surface area contributed by atoms with E-state index in [4.69, 9.17) is 0 Å². The average molecular weight is 144 g/mol. The highest BCUT2D eigenvalue weighted by atomic mass is 32.2. The van der Waals surface area contributed by atoms with Crippen molar-refractivity contribution in [3.63, 3.8) is 0 Å². The summed E-state index contributed by atoms with van der Waals surface area (Å²) >= 11 is 2.15. The summed E-state index contributed by atoms with van der Waals surface area (Å²) in [6, 6.07) is 0. The Morgan fingerprint density at radius 2 is 2.33 bits per heavy atom. The van der Waals surface area contributed by atoms with E-state index in [0.29, 0.717) is 0 Å². The van der Waals surface area contributed by atoms with Crippen LogP contribution in [-0.4, -0.2) is 11.0 Å². The highest BCUT2D eigenvalue weighted by molar-refractivity contribution is 7.99. The van der Waals surface area contributed by atoms with Gasteiger partial charge in [0, 0.05) is 5.25 Å². The predicted molar refractivity (Wildman–Crippen MR) is 44.9 cm³/mol. The van der Waals surface area contributed by atoms with Gasteiger partial charge in [0.25, 0.3) is 0 Å². The van der Waals surface area contributed by atoms with Crippen LogP contribution in [-0.2, 0) is 0 Å². The molecule has 0 aliphatic carbocycles. The van der Waals surface area contributed by atoms with E-state index in [-0.39, 0.29) is 0 Å². The Morgan fingerprint density at radius 3 is 2.78 bits per heavy atom. The van der Waals surface area contributed by atoms with Gasteiger partial charge in [-0.2, -0.15) is 11.8 Å². The Balaban J connectivity index is 2.30. The Hall–Kier alpha value is 0.350. The van der Waals surface area contributed by atoms with Crippen LogP contribution in [0, 0.1) is 5.92 Å². The Bertz CT molecular complexity index is 80.6. The monoisotopic (exact) mass is 144 g/mol. The van der Waals surface area contributed by atoms with Gasteiger partial charge in [-0.3, -0.25) is 0 Å². The van der Waals surface area contributed by atoms with Crippen LogP contribution in [0.3, 0.4) is 0 Å². The maximum atomic E-state index is 2.37. The molecule has 2 unspecified atom stereocenters. The molecule has 54 valence electrons. The third-order valence-electron chi connectivity index (χ3n) is 2.29. The van der Waals surface area contributed by atoms with Gasteiger partial charge in [0.15, 0.2) is 0 Å². The van der Waals surface area contributed by atoms with Gasteiger partial charge in [-0.25, -0.2) is 0 Å². The van der Waals surface area contributed by atoms with Gasteiger partial charge >= 0.3 is 0 Å². The summed E-state index contributed by atoms with van der Waals surface area (Å²) in [6.07, 6.45) is 4.31. The summed E-state index contributed by atoms with van der Waals surface area (Å²) in [5.41, 5.74) is 0. The van der Waals surface area contributed by atoms with E-state index in [1.165, 1.54) is 25.0 Å². The Morgan fingerprint density at radius 1 is 1.56 bits per heavy atom. The fourth-order valence-electron chi connectivity index (χ4n) is 1.52. The van der Waals surface area contributed by atoms with Crippen LogP contribution in [0.15, 0.2) is 0 Å². The van der Waals surface area contributed by atoms with Crippen LogP contribution in [0.1, 0.15) is 33.1 Å². The quantitative estimate of drug-likeness (QED) is 0.545. The molecule has 0 spiro atoms. The minimum atomic E-state index is 0.934. The molecule has 0 amide bonds. The zero-order valence-electron chi connectivity index (χ0n) is 6.39. The first-order valence-corrected chi connectivity index (χ1v) is 5.01. The summed E-state index contributed by atoms with van der Waals surface area (Å²) in [6.45, 7) is 4.69. The third kappa shape index (κ3) is 1.89. The first-order valence-electron chi connectivity index (χ1n) is 3.96. The van der Waals surface area contributed by atoms with Crippen molar-refractivity contribution in [2.75, 3.05) is 5.75 Å². The Labute approximate surface area is 62.4 Å². The lowest BCUT2D eigenvalue weighted by atomic mass is 9.97. The highest BCUT2D eigenvalue weighted by Crippen LogP contribution is 2.31. The van der Waals surface area contributed by atoms with Gasteiger partial charge in [0.05, 0.1) is 0 Å². The molecule has 1 aliphatic rings. The van der Waals surface area contributed by atoms with Crippen molar-refractivity contribution in [3.8, 4) is 0 Å². The number of rotatable bonds is 1. The number of hydrogen-bond donors (Lipinski definition) is 0. The first kappa shape index (κ1) is 7.46. The lowest BCUT2D eigenvalue weighted by Crippen LogP contribution is -2.18. The molecule has 1 saturated heterocycles. The van der Waals surface area contributed by atoms with Crippen LogP contribution in [0.2, 0.25) is 0 Å². The standard InChI is InChI=1S/C8H16S/c1-3-8-5-4-6-9-7(8)2/h7-8H,3-6H2,1-2H3. The molecule has 0 radical (unpaired) electrons. The normalized spacial score (nSPS) is 36.7. The van der Waals surface area contributed by atoms with E-state index in [2.05, 4.69) is 25.6 Å². The van der Waals surface area contributed by atoms with Crippen molar-refractivity contribution in [2.45, 2.75) is 38.4 Å². The van der Waals surface area contributed by atoms with Crippen molar-refractivity contribution in [1.82, 2.24) is 0 Å². The van der Waals surface area contributed by atoms with Crippen LogP contribution in [0.5, 0.6) is 0 Å². The van der Waals surface area contributed by atoms with Gasteiger partial charge in [-0.1, -0.05) is 20.3 Å². The minimum Gasteiger partial charge on any atom is -0.159 e. The van der Waals surface area contributed by atoms with Gasteiger partial charge in [-0.05, 0) is 24.5 Å². The smallest absolute Gasteiger partial charge is 0.00468 e. The second kappa shape index (κ2) is 3.50. The van der Waals surface area contributed by atoms with Crippen molar-refractivity contribution < 1.29 is 0 Å². The maximum absolute atomic E-state index is 2.37. The van der Waals surface area contributed by atoms with Gasteiger partial charge in [-0.15, -0.1) is 0 Å². The lowest BCUT2D eigenvalue weighted by Gasteiger charge is -2.26. The molecule has 0 saturated carbocycles. The molecule has 0 aromatic carbocycles. The predicted octanol–water partition coefficient (Wildman–Crippen LogP) is 2.93. The number of hydrogen-bond acceptors (Lipinski definition) is 1. The van der Waals surface area contributed by atoms with Crippen LogP contribution >= 0.6 is 11.8 Å². The maximum Gasteiger partial charge on any atom is 0.00468 e. The molecule has 0 nitrogen and oxygen atoms in total. The molecular formula is C8H16S. The second-order valence-electron chi connectivity index (χ2n) is 2.89. The molecule has 0 aromatic rings. The van der Waals surface area contributed by atoms with Crippen LogP contribution < -0.4 is 0 Å². The zero-order chi connectivity index (χ0) is 6.69. The first-order chi connectivity index (χ1) is 4.34. The minimum absolute atomic E-state index is 0.934. The van der Waals surface area contributed by atoms with E-state index >= 15 is 0 Å². The molecular weight excluding hydrogens is 128 g/mol. The van der Waals surface area contributed by atoms with Crippen molar-refractivity contribution in [1.29, 1.82) is 0 Å². The molecule has 9 heavy (non-hydrogen) atoms. The van der Waals surface area contributed by atoms with E-state index in [9.17, 15) is 0 Å². The summed E-state index contributed by atoms with van der Waals surface area (Å²) in [4.78, 5) is 0. The molecule has 1 aliphatic heterocycles. The van der Waals surface area contributed by atoms with Gasteiger partial charge in [0.1, 0.15) is 0 Å². The van der Waals surface area contributed by atoms with Crippen LogP contribution in [0.4, 0.5) is 0 Å². The van der Waals surface area contributed by atoms with E-state index in [1.54, 1.807) is 0 Å². The van der Waals surface area contributed by atoms with E-state index in [0.717, 1.165) is 11.2 Å². The van der Waals surface area contributed by atoms with E-state index in [1.807, 2.05) is 0 Å². The largest absolute Gasteiger partial charge is 0.159 e. The summed E-state index contributed by atoms with van der Waals surface area (Å²) in [5, 5.41) is 0.934. The third-order valence-corrected chi connectivity index (χ3v) is 3.72. The zero-order valence-corrected chi connectivity index (χ0v) is 7.21. The average Bonchev–Trinajstić information content (AvgIpc) is 1.89. The molecule has 0 bridgehead atoms. The Kier molecular flexibility index (Phi) is 2.90. The number of thioether (sulfide) groups is 1. The molecule has 1 rings (SSSR count). The van der Waals surface area contributed by atoms with Crippen molar-refractivity contribution in [3.05, 3.63) is 0 Å². The van der Waals surface area contributed by atoms with Crippen LogP contribution in [0.25, 0.3) is 0 Å². The molecule has 0 aromatic heterocycles.